The van der Waals surface area contributed by atoms with Crippen molar-refractivity contribution >= 4 is 5.91 Å². The van der Waals surface area contributed by atoms with Gasteiger partial charge >= 0.3 is 0 Å². The molecule has 0 fully saturated rings. The fourth-order valence-corrected chi connectivity index (χ4v) is 2.04. The van der Waals surface area contributed by atoms with Crippen LogP contribution in [0.1, 0.15) is 30.5 Å². The molecule has 0 atom stereocenters. The third-order valence-electron chi connectivity index (χ3n) is 2.83. The van der Waals surface area contributed by atoms with E-state index in [4.69, 9.17) is 10.5 Å². The Kier molecular flexibility index (Phi) is 4.95. The number of nitrogens with one attached hydrogen (secondary N) is 1. The van der Waals surface area contributed by atoms with Gasteiger partial charge < -0.3 is 15.8 Å². The summed E-state index contributed by atoms with van der Waals surface area (Å²) in [6.45, 7) is 8.20. The third-order valence-corrected chi connectivity index (χ3v) is 2.83. The van der Waals surface area contributed by atoms with E-state index in [0.717, 1.165) is 22.4 Å². The summed E-state index contributed by atoms with van der Waals surface area (Å²) < 4.78 is 5.31. The van der Waals surface area contributed by atoms with Crippen molar-refractivity contribution in [1.82, 2.24) is 5.32 Å². The number of ether oxygens (including phenoxy) is 1. The normalized spacial score (nSPS) is 11.3. The maximum Gasteiger partial charge on any atom is 0.224 e. The van der Waals surface area contributed by atoms with Gasteiger partial charge in [0.2, 0.25) is 5.91 Å². The first-order chi connectivity index (χ1) is 8.73. The lowest BCUT2D eigenvalue weighted by atomic mass is 10.0. The van der Waals surface area contributed by atoms with Gasteiger partial charge in [0.15, 0.2) is 0 Å². The molecule has 0 bridgehead atoms. The van der Waals surface area contributed by atoms with Crippen LogP contribution in [-0.4, -0.2) is 25.1 Å². The van der Waals surface area contributed by atoms with Crippen molar-refractivity contribution in [2.24, 2.45) is 5.73 Å². The van der Waals surface area contributed by atoms with E-state index in [-0.39, 0.29) is 11.4 Å². The minimum atomic E-state index is -0.387. The van der Waals surface area contributed by atoms with Crippen LogP contribution >= 0.6 is 0 Å². The summed E-state index contributed by atoms with van der Waals surface area (Å²) in [6.07, 6.45) is 0.363. The predicted octanol–water partition coefficient (Wildman–Crippen LogP) is 1.71. The van der Waals surface area contributed by atoms with Crippen molar-refractivity contribution in [3.05, 3.63) is 28.8 Å². The Morgan fingerprint density at radius 2 is 1.84 bits per heavy atom. The number of nitrogens with two attached hydrogens (primary N) is 1. The molecule has 4 nitrogen and oxygen atoms in total. The molecular formula is C15H24N2O2. The van der Waals surface area contributed by atoms with Gasteiger partial charge in [-0.15, -0.1) is 0 Å². The number of rotatable bonds is 5. The molecular weight excluding hydrogens is 240 g/mol. The zero-order valence-corrected chi connectivity index (χ0v) is 12.5. The second kappa shape index (κ2) is 6.06. The van der Waals surface area contributed by atoms with E-state index in [1.807, 2.05) is 39.8 Å². The zero-order valence-electron chi connectivity index (χ0n) is 12.5. The minimum Gasteiger partial charge on any atom is -0.496 e. The van der Waals surface area contributed by atoms with Gasteiger partial charge in [-0.05, 0) is 44.4 Å². The van der Waals surface area contributed by atoms with E-state index in [1.165, 1.54) is 0 Å². The monoisotopic (exact) mass is 264 g/mol. The van der Waals surface area contributed by atoms with Gasteiger partial charge in [-0.3, -0.25) is 4.79 Å². The molecule has 0 aromatic heterocycles. The van der Waals surface area contributed by atoms with Crippen LogP contribution in [0.3, 0.4) is 0 Å². The molecule has 0 aliphatic rings. The summed E-state index contributed by atoms with van der Waals surface area (Å²) in [5, 5.41) is 2.84. The van der Waals surface area contributed by atoms with Crippen molar-refractivity contribution in [3.63, 3.8) is 0 Å². The van der Waals surface area contributed by atoms with Crippen LogP contribution in [0.15, 0.2) is 12.1 Å². The van der Waals surface area contributed by atoms with E-state index >= 15 is 0 Å². The van der Waals surface area contributed by atoms with Gasteiger partial charge in [0, 0.05) is 12.1 Å². The molecule has 0 spiro atoms. The van der Waals surface area contributed by atoms with Gasteiger partial charge in [0.05, 0.1) is 13.5 Å². The Balaban J connectivity index is 2.70. The fourth-order valence-electron chi connectivity index (χ4n) is 2.04. The van der Waals surface area contributed by atoms with Crippen molar-refractivity contribution < 1.29 is 9.53 Å². The molecule has 19 heavy (non-hydrogen) atoms. The molecule has 106 valence electrons. The van der Waals surface area contributed by atoms with E-state index in [0.29, 0.717) is 13.0 Å². The number of hydrogen-bond acceptors (Lipinski definition) is 3. The molecule has 0 saturated carbocycles. The smallest absolute Gasteiger partial charge is 0.224 e. The summed E-state index contributed by atoms with van der Waals surface area (Å²) in [7, 11) is 1.66. The van der Waals surface area contributed by atoms with Crippen LogP contribution in [0.2, 0.25) is 0 Å². The molecule has 0 radical (unpaired) electrons. The van der Waals surface area contributed by atoms with Crippen LogP contribution in [0.5, 0.6) is 5.75 Å². The molecule has 1 amide bonds. The van der Waals surface area contributed by atoms with E-state index in [9.17, 15) is 4.79 Å². The number of hydrogen-bond donors (Lipinski definition) is 2. The summed E-state index contributed by atoms with van der Waals surface area (Å²) >= 11 is 0. The minimum absolute atomic E-state index is 0.0116. The Morgan fingerprint density at radius 1 is 1.32 bits per heavy atom. The summed E-state index contributed by atoms with van der Waals surface area (Å²) in [4.78, 5) is 11.8. The molecule has 3 N–H and O–H groups in total. The fraction of sp³-hybridized carbons (Fsp3) is 0.533. The Labute approximate surface area is 115 Å². The largest absolute Gasteiger partial charge is 0.496 e. The van der Waals surface area contributed by atoms with Crippen LogP contribution < -0.4 is 15.8 Å². The van der Waals surface area contributed by atoms with Crippen molar-refractivity contribution in [2.75, 3.05) is 13.7 Å². The predicted molar refractivity (Wildman–Crippen MR) is 77.4 cm³/mol. The Hall–Kier alpha value is -1.55. The maximum atomic E-state index is 11.8. The van der Waals surface area contributed by atoms with Gasteiger partial charge in [0.1, 0.15) is 5.75 Å². The van der Waals surface area contributed by atoms with Gasteiger partial charge in [-0.25, -0.2) is 0 Å². The quantitative estimate of drug-likeness (QED) is 0.851. The molecule has 1 aromatic carbocycles. The van der Waals surface area contributed by atoms with E-state index in [2.05, 4.69) is 5.32 Å². The third kappa shape index (κ3) is 4.91. The zero-order chi connectivity index (χ0) is 14.6. The standard InChI is InChI=1S/C15H24N2O2/c1-10-6-12(7-11(2)14(10)19-5)8-13(18)17-9-15(3,4)16/h6-7H,8-9,16H2,1-5H3,(H,17,18). The number of carbonyl (C=O) groups excluding carboxylic acids is 1. The lowest BCUT2D eigenvalue weighted by Crippen LogP contribution is -2.45. The summed E-state index contributed by atoms with van der Waals surface area (Å²) in [5.74, 6) is 0.870. The SMILES string of the molecule is COc1c(C)cc(CC(=O)NCC(C)(C)N)cc1C. The molecule has 0 unspecified atom stereocenters. The van der Waals surface area contributed by atoms with Gasteiger partial charge in [-0.2, -0.15) is 0 Å². The molecule has 0 heterocycles. The second-order valence-corrected chi connectivity index (χ2v) is 5.70. The average molecular weight is 264 g/mol. The molecule has 4 heteroatoms. The first kappa shape index (κ1) is 15.5. The first-order valence-corrected chi connectivity index (χ1v) is 6.42. The lowest BCUT2D eigenvalue weighted by molar-refractivity contribution is -0.120. The highest BCUT2D eigenvalue weighted by Crippen LogP contribution is 2.24. The molecule has 1 rings (SSSR count). The molecule has 0 saturated heterocycles. The number of methoxy groups -OCH3 is 1. The van der Waals surface area contributed by atoms with Crippen molar-refractivity contribution in [1.29, 1.82) is 0 Å². The lowest BCUT2D eigenvalue weighted by Gasteiger charge is -2.19. The number of amides is 1. The molecule has 0 aliphatic carbocycles. The Morgan fingerprint density at radius 3 is 2.26 bits per heavy atom. The first-order valence-electron chi connectivity index (χ1n) is 6.42. The van der Waals surface area contributed by atoms with Crippen LogP contribution in [-0.2, 0) is 11.2 Å². The molecule has 1 aromatic rings. The van der Waals surface area contributed by atoms with Crippen molar-refractivity contribution in [3.8, 4) is 5.75 Å². The summed E-state index contributed by atoms with van der Waals surface area (Å²) in [5.41, 5.74) is 8.53. The van der Waals surface area contributed by atoms with Crippen LogP contribution in [0, 0.1) is 13.8 Å². The van der Waals surface area contributed by atoms with Gasteiger partial charge in [-0.1, -0.05) is 12.1 Å². The van der Waals surface area contributed by atoms with Crippen LogP contribution in [0.4, 0.5) is 0 Å². The van der Waals surface area contributed by atoms with E-state index in [1.54, 1.807) is 7.11 Å². The van der Waals surface area contributed by atoms with Crippen LogP contribution in [0.25, 0.3) is 0 Å². The molecule has 0 aliphatic heterocycles. The highest BCUT2D eigenvalue weighted by atomic mass is 16.5. The number of carbonyl (C=O) groups is 1. The maximum absolute atomic E-state index is 11.8. The summed E-state index contributed by atoms with van der Waals surface area (Å²) in [6, 6.07) is 3.97. The highest BCUT2D eigenvalue weighted by Gasteiger charge is 2.13. The van der Waals surface area contributed by atoms with Crippen molar-refractivity contribution in [2.45, 2.75) is 39.7 Å². The van der Waals surface area contributed by atoms with Gasteiger partial charge in [0.25, 0.3) is 0 Å². The highest BCUT2D eigenvalue weighted by molar-refractivity contribution is 5.78. The van der Waals surface area contributed by atoms with E-state index < -0.39 is 0 Å². The number of aryl methyl sites for hydroxylation is 2. The topological polar surface area (TPSA) is 64.3 Å². The second-order valence-electron chi connectivity index (χ2n) is 5.70. The average Bonchev–Trinajstić information content (AvgIpc) is 2.25. The number of benzene rings is 1. The Bertz CT molecular complexity index is 439.